The maximum absolute atomic E-state index is 13.4. The smallest absolute Gasteiger partial charge is 0.126 e. The zero-order valence-electron chi connectivity index (χ0n) is 8.06. The lowest BCUT2D eigenvalue weighted by molar-refractivity contribution is 0.601. The van der Waals surface area contributed by atoms with Gasteiger partial charge in [0.2, 0.25) is 0 Å². The van der Waals surface area contributed by atoms with Crippen LogP contribution in [0.5, 0.6) is 0 Å². The second-order valence-electron chi connectivity index (χ2n) is 3.83. The van der Waals surface area contributed by atoms with Crippen molar-refractivity contribution in [2.24, 2.45) is 5.92 Å². The van der Waals surface area contributed by atoms with Crippen LogP contribution >= 0.6 is 15.9 Å². The molecule has 1 fully saturated rings. The van der Waals surface area contributed by atoms with Crippen molar-refractivity contribution in [2.45, 2.75) is 12.3 Å². The van der Waals surface area contributed by atoms with Crippen LogP contribution < -0.4 is 5.32 Å². The summed E-state index contributed by atoms with van der Waals surface area (Å²) in [7, 11) is 1.94. The van der Waals surface area contributed by atoms with Crippen molar-refractivity contribution in [3.63, 3.8) is 0 Å². The number of hydrogen-bond acceptors (Lipinski definition) is 1. The number of rotatable bonds is 3. The minimum atomic E-state index is -0.0724. The summed E-state index contributed by atoms with van der Waals surface area (Å²) in [5.41, 5.74) is 0.861. The highest BCUT2D eigenvalue weighted by atomic mass is 79.9. The molecule has 2 unspecified atom stereocenters. The Bertz CT molecular complexity index is 340. The van der Waals surface area contributed by atoms with Crippen LogP contribution in [0.15, 0.2) is 22.7 Å². The van der Waals surface area contributed by atoms with E-state index in [1.807, 2.05) is 13.1 Å². The molecule has 1 aliphatic rings. The molecule has 1 aliphatic carbocycles. The van der Waals surface area contributed by atoms with E-state index in [1.165, 1.54) is 6.07 Å². The van der Waals surface area contributed by atoms with E-state index in [4.69, 9.17) is 0 Å². The number of hydrogen-bond donors (Lipinski definition) is 1. The first-order valence-electron chi connectivity index (χ1n) is 4.82. The molecular formula is C11H13BrFN. The lowest BCUT2D eigenvalue weighted by atomic mass is 10.1. The molecule has 2 rings (SSSR count). The molecule has 1 N–H and O–H groups in total. The molecule has 76 valence electrons. The summed E-state index contributed by atoms with van der Waals surface area (Å²) in [4.78, 5) is 0. The Balaban J connectivity index is 2.14. The molecule has 2 atom stereocenters. The minimum Gasteiger partial charge on any atom is -0.319 e. The van der Waals surface area contributed by atoms with Gasteiger partial charge in [-0.2, -0.15) is 0 Å². The molecule has 0 bridgehead atoms. The molecule has 0 spiro atoms. The van der Waals surface area contributed by atoms with Crippen molar-refractivity contribution < 1.29 is 4.39 Å². The van der Waals surface area contributed by atoms with Gasteiger partial charge in [0.15, 0.2) is 0 Å². The molecule has 3 heteroatoms. The third-order valence-corrected chi connectivity index (χ3v) is 3.24. The fourth-order valence-corrected chi connectivity index (χ4v) is 2.29. The van der Waals surface area contributed by atoms with Crippen LogP contribution in [-0.2, 0) is 0 Å². The molecule has 1 nitrogen and oxygen atoms in total. The Morgan fingerprint density at radius 1 is 1.57 bits per heavy atom. The van der Waals surface area contributed by atoms with Gasteiger partial charge in [-0.05, 0) is 55.6 Å². The molecular weight excluding hydrogens is 245 g/mol. The van der Waals surface area contributed by atoms with Crippen LogP contribution in [0.25, 0.3) is 0 Å². The monoisotopic (exact) mass is 257 g/mol. The first-order chi connectivity index (χ1) is 6.72. The summed E-state index contributed by atoms with van der Waals surface area (Å²) in [6.07, 6.45) is 1.11. The quantitative estimate of drug-likeness (QED) is 0.879. The van der Waals surface area contributed by atoms with Crippen molar-refractivity contribution in [1.82, 2.24) is 5.32 Å². The molecule has 0 saturated heterocycles. The summed E-state index contributed by atoms with van der Waals surface area (Å²) in [6.45, 7) is 0.983. The topological polar surface area (TPSA) is 12.0 Å². The van der Waals surface area contributed by atoms with Crippen LogP contribution in [0, 0.1) is 11.7 Å². The summed E-state index contributed by atoms with van der Waals surface area (Å²) < 4.78 is 14.4. The van der Waals surface area contributed by atoms with Crippen LogP contribution in [0.1, 0.15) is 17.9 Å². The van der Waals surface area contributed by atoms with Crippen LogP contribution in [0.4, 0.5) is 4.39 Å². The largest absolute Gasteiger partial charge is 0.319 e. The van der Waals surface area contributed by atoms with Gasteiger partial charge in [-0.15, -0.1) is 0 Å². The van der Waals surface area contributed by atoms with Crippen LogP contribution in [0.2, 0.25) is 0 Å². The van der Waals surface area contributed by atoms with Crippen molar-refractivity contribution >= 4 is 15.9 Å². The van der Waals surface area contributed by atoms with Crippen LogP contribution in [0.3, 0.4) is 0 Å². The highest BCUT2D eigenvalue weighted by molar-refractivity contribution is 9.10. The SMILES string of the molecule is CNCC1CC1c1cc(Br)ccc1F. The number of benzene rings is 1. The zero-order valence-corrected chi connectivity index (χ0v) is 9.64. The first kappa shape index (κ1) is 10.1. The first-order valence-corrected chi connectivity index (χ1v) is 5.61. The van der Waals surface area contributed by atoms with E-state index in [1.54, 1.807) is 6.07 Å². The van der Waals surface area contributed by atoms with E-state index >= 15 is 0 Å². The van der Waals surface area contributed by atoms with E-state index in [0.29, 0.717) is 11.8 Å². The Morgan fingerprint density at radius 3 is 3.07 bits per heavy atom. The predicted molar refractivity (Wildman–Crippen MR) is 58.9 cm³/mol. The predicted octanol–water partition coefficient (Wildman–Crippen LogP) is 2.91. The lowest BCUT2D eigenvalue weighted by Crippen LogP contribution is -2.10. The molecule has 0 heterocycles. The summed E-state index contributed by atoms with van der Waals surface area (Å²) in [5.74, 6) is 0.959. The number of halogens is 2. The molecule has 0 radical (unpaired) electrons. The van der Waals surface area contributed by atoms with Gasteiger partial charge in [-0.1, -0.05) is 15.9 Å². The Hall–Kier alpha value is -0.410. The third kappa shape index (κ3) is 1.98. The molecule has 0 amide bonds. The highest BCUT2D eigenvalue weighted by Gasteiger charge is 2.39. The molecule has 14 heavy (non-hydrogen) atoms. The Morgan fingerprint density at radius 2 is 2.36 bits per heavy atom. The summed E-state index contributed by atoms with van der Waals surface area (Å²) >= 11 is 3.37. The van der Waals surface area contributed by atoms with E-state index < -0.39 is 0 Å². The fourth-order valence-electron chi connectivity index (χ4n) is 1.92. The molecule has 1 aromatic carbocycles. The fraction of sp³-hybridized carbons (Fsp3) is 0.455. The third-order valence-electron chi connectivity index (χ3n) is 2.75. The van der Waals surface area contributed by atoms with Gasteiger partial charge in [0.05, 0.1) is 0 Å². The Labute approximate surface area is 91.8 Å². The van der Waals surface area contributed by atoms with E-state index in [-0.39, 0.29) is 5.82 Å². The minimum absolute atomic E-state index is 0.0724. The molecule has 1 aromatic rings. The van der Waals surface area contributed by atoms with Gasteiger partial charge in [0, 0.05) is 4.47 Å². The number of nitrogens with one attached hydrogen (secondary N) is 1. The molecule has 0 aromatic heterocycles. The average molecular weight is 258 g/mol. The normalized spacial score (nSPS) is 25.1. The van der Waals surface area contributed by atoms with Crippen molar-refractivity contribution in [3.05, 3.63) is 34.1 Å². The highest BCUT2D eigenvalue weighted by Crippen LogP contribution is 2.48. The maximum Gasteiger partial charge on any atom is 0.126 e. The van der Waals surface area contributed by atoms with Crippen LogP contribution in [-0.4, -0.2) is 13.6 Å². The maximum atomic E-state index is 13.4. The van der Waals surface area contributed by atoms with Crippen molar-refractivity contribution in [1.29, 1.82) is 0 Å². The molecule has 1 saturated carbocycles. The molecule has 0 aliphatic heterocycles. The van der Waals surface area contributed by atoms with Gasteiger partial charge < -0.3 is 5.32 Å². The summed E-state index contributed by atoms with van der Waals surface area (Å²) in [5, 5.41) is 3.13. The van der Waals surface area contributed by atoms with Gasteiger partial charge in [0.25, 0.3) is 0 Å². The second kappa shape index (κ2) is 3.99. The van der Waals surface area contributed by atoms with Gasteiger partial charge in [-0.25, -0.2) is 4.39 Å². The Kier molecular flexibility index (Phi) is 2.88. The zero-order chi connectivity index (χ0) is 10.1. The van der Waals surface area contributed by atoms with Gasteiger partial charge in [-0.3, -0.25) is 0 Å². The standard InChI is InChI=1S/C11H13BrFN/c1-14-6-7-4-9(7)10-5-8(12)2-3-11(10)13/h2-3,5,7,9,14H,4,6H2,1H3. The van der Waals surface area contributed by atoms with Crippen molar-refractivity contribution in [3.8, 4) is 0 Å². The van der Waals surface area contributed by atoms with E-state index in [0.717, 1.165) is 23.0 Å². The van der Waals surface area contributed by atoms with E-state index in [9.17, 15) is 4.39 Å². The summed E-state index contributed by atoms with van der Waals surface area (Å²) in [6, 6.07) is 5.18. The second-order valence-corrected chi connectivity index (χ2v) is 4.74. The van der Waals surface area contributed by atoms with Crippen molar-refractivity contribution in [2.75, 3.05) is 13.6 Å². The average Bonchev–Trinajstić information content (AvgIpc) is 2.89. The lowest BCUT2D eigenvalue weighted by Gasteiger charge is -2.03. The van der Waals surface area contributed by atoms with E-state index in [2.05, 4.69) is 21.2 Å². The van der Waals surface area contributed by atoms with Gasteiger partial charge >= 0.3 is 0 Å². The van der Waals surface area contributed by atoms with Gasteiger partial charge in [0.1, 0.15) is 5.82 Å².